The van der Waals surface area contributed by atoms with Gasteiger partial charge in [-0.1, -0.05) is 12.1 Å². The molecule has 2 aromatic rings. The number of hydrogen-bond donors (Lipinski definition) is 1. The number of benzene rings is 1. The average Bonchev–Trinajstić information content (AvgIpc) is 3.23. The van der Waals surface area contributed by atoms with Crippen molar-refractivity contribution in [2.75, 3.05) is 12.3 Å². The van der Waals surface area contributed by atoms with Crippen LogP contribution in [0.2, 0.25) is 0 Å². The Kier molecular flexibility index (Phi) is 4.42. The number of imidazole rings is 1. The van der Waals surface area contributed by atoms with Gasteiger partial charge < -0.3 is 14.8 Å². The lowest BCUT2D eigenvalue weighted by Gasteiger charge is -2.29. The molecule has 26 heavy (non-hydrogen) atoms. The summed E-state index contributed by atoms with van der Waals surface area (Å²) in [5.41, 5.74) is 2.13. The first kappa shape index (κ1) is 17.4. The highest BCUT2D eigenvalue weighted by Crippen LogP contribution is 2.47. The Hall–Kier alpha value is -2.02. The number of rotatable bonds is 5. The Balaban J connectivity index is 1.33. The number of carbonyl (C=O) groups is 2. The molecule has 2 fully saturated rings. The highest BCUT2D eigenvalue weighted by Gasteiger charge is 2.52. The van der Waals surface area contributed by atoms with E-state index in [0.717, 1.165) is 36.2 Å². The van der Waals surface area contributed by atoms with Gasteiger partial charge in [-0.05, 0) is 38.8 Å². The summed E-state index contributed by atoms with van der Waals surface area (Å²) in [6.45, 7) is 5.49. The summed E-state index contributed by atoms with van der Waals surface area (Å²) in [5.74, 6) is 1.77. The van der Waals surface area contributed by atoms with Crippen LogP contribution in [0.25, 0.3) is 11.0 Å². The minimum absolute atomic E-state index is 0.0244. The predicted molar refractivity (Wildman–Crippen MR) is 103 cm³/mol. The lowest BCUT2D eigenvalue weighted by Crippen LogP contribution is -2.50. The third-order valence-electron chi connectivity index (χ3n) is 5.45. The van der Waals surface area contributed by atoms with Crippen LogP contribution in [0.1, 0.15) is 32.0 Å². The first-order valence-electron chi connectivity index (χ1n) is 9.15. The van der Waals surface area contributed by atoms with Crippen molar-refractivity contribution in [3.05, 3.63) is 30.1 Å². The number of aromatic nitrogens is 2. The SMILES string of the molecule is Cc1nc2ccccc2n1CCCNC(=O)[C@H]1CS[C@]2(C)CCC(=O)N12. The molecule has 4 rings (SSSR count). The minimum Gasteiger partial charge on any atom is -0.354 e. The first-order chi connectivity index (χ1) is 12.5. The lowest BCUT2D eigenvalue weighted by molar-refractivity contribution is -0.137. The summed E-state index contributed by atoms with van der Waals surface area (Å²) >= 11 is 1.73. The number of para-hydroxylation sites is 2. The second kappa shape index (κ2) is 6.61. The van der Waals surface area contributed by atoms with Gasteiger partial charge in [0.05, 0.1) is 15.9 Å². The maximum atomic E-state index is 12.6. The second-order valence-corrected chi connectivity index (χ2v) is 8.71. The zero-order chi connectivity index (χ0) is 18.3. The predicted octanol–water partition coefficient (Wildman–Crippen LogP) is 2.31. The smallest absolute Gasteiger partial charge is 0.243 e. The van der Waals surface area contributed by atoms with E-state index in [1.807, 2.05) is 25.1 Å². The van der Waals surface area contributed by atoms with Gasteiger partial charge in [0.15, 0.2) is 0 Å². The fraction of sp³-hybridized carbons (Fsp3) is 0.526. The van der Waals surface area contributed by atoms with Crippen LogP contribution in [-0.2, 0) is 16.1 Å². The number of fused-ring (bicyclic) bond motifs is 2. The topological polar surface area (TPSA) is 67.2 Å². The molecule has 0 bridgehead atoms. The Morgan fingerprint density at radius 1 is 1.42 bits per heavy atom. The van der Waals surface area contributed by atoms with Crippen molar-refractivity contribution in [1.29, 1.82) is 0 Å². The van der Waals surface area contributed by atoms with E-state index in [1.54, 1.807) is 16.7 Å². The molecule has 2 amide bonds. The van der Waals surface area contributed by atoms with E-state index in [2.05, 4.69) is 27.9 Å². The minimum atomic E-state index is -0.323. The first-order valence-corrected chi connectivity index (χ1v) is 10.1. The number of aryl methyl sites for hydroxylation is 2. The highest BCUT2D eigenvalue weighted by atomic mass is 32.2. The maximum Gasteiger partial charge on any atom is 0.243 e. The van der Waals surface area contributed by atoms with Gasteiger partial charge in [-0.2, -0.15) is 0 Å². The van der Waals surface area contributed by atoms with Crippen molar-refractivity contribution in [1.82, 2.24) is 19.8 Å². The summed E-state index contributed by atoms with van der Waals surface area (Å²) < 4.78 is 2.19. The van der Waals surface area contributed by atoms with Crippen molar-refractivity contribution in [2.45, 2.75) is 50.6 Å². The summed E-state index contributed by atoms with van der Waals surface area (Å²) in [4.78, 5) is 30.9. The largest absolute Gasteiger partial charge is 0.354 e. The van der Waals surface area contributed by atoms with Gasteiger partial charge in [0.2, 0.25) is 11.8 Å². The summed E-state index contributed by atoms with van der Waals surface area (Å²) in [7, 11) is 0. The number of nitrogens with one attached hydrogen (secondary N) is 1. The zero-order valence-corrected chi connectivity index (χ0v) is 16.0. The van der Waals surface area contributed by atoms with Crippen LogP contribution >= 0.6 is 11.8 Å². The van der Waals surface area contributed by atoms with Crippen LogP contribution < -0.4 is 5.32 Å². The van der Waals surface area contributed by atoms with Gasteiger partial charge in [0.25, 0.3) is 0 Å². The van der Waals surface area contributed by atoms with E-state index < -0.39 is 0 Å². The normalized spacial score (nSPS) is 25.1. The van der Waals surface area contributed by atoms with E-state index in [0.29, 0.717) is 18.7 Å². The molecular weight excluding hydrogens is 348 g/mol. The molecule has 1 aromatic heterocycles. The third-order valence-corrected chi connectivity index (χ3v) is 6.96. The van der Waals surface area contributed by atoms with Crippen molar-refractivity contribution in [3.63, 3.8) is 0 Å². The molecular formula is C19H24N4O2S. The average molecular weight is 372 g/mol. The molecule has 1 aromatic carbocycles. The maximum absolute atomic E-state index is 12.6. The van der Waals surface area contributed by atoms with Crippen molar-refractivity contribution >= 4 is 34.6 Å². The van der Waals surface area contributed by atoms with E-state index in [9.17, 15) is 9.59 Å². The van der Waals surface area contributed by atoms with Crippen molar-refractivity contribution in [3.8, 4) is 0 Å². The zero-order valence-electron chi connectivity index (χ0n) is 15.2. The number of nitrogens with zero attached hydrogens (tertiary/aromatic N) is 3. The molecule has 138 valence electrons. The van der Waals surface area contributed by atoms with E-state index in [4.69, 9.17) is 0 Å². The molecule has 3 heterocycles. The Morgan fingerprint density at radius 3 is 3.08 bits per heavy atom. The quantitative estimate of drug-likeness (QED) is 0.818. The summed E-state index contributed by atoms with van der Waals surface area (Å²) in [5, 5.41) is 3.03. The van der Waals surface area contributed by atoms with Gasteiger partial charge >= 0.3 is 0 Å². The summed E-state index contributed by atoms with van der Waals surface area (Å²) in [6.07, 6.45) is 2.23. The van der Waals surface area contributed by atoms with Crippen molar-refractivity contribution < 1.29 is 9.59 Å². The van der Waals surface area contributed by atoms with Crippen LogP contribution in [0, 0.1) is 6.92 Å². The molecule has 7 heteroatoms. The van der Waals surface area contributed by atoms with Crippen LogP contribution in [0.4, 0.5) is 0 Å². The number of thioether (sulfide) groups is 1. The molecule has 2 aliphatic heterocycles. The highest BCUT2D eigenvalue weighted by molar-refractivity contribution is 8.01. The van der Waals surface area contributed by atoms with Gasteiger partial charge in [0.1, 0.15) is 11.9 Å². The Bertz CT molecular complexity index is 864. The molecule has 2 saturated heterocycles. The molecule has 0 aliphatic carbocycles. The lowest BCUT2D eigenvalue weighted by atomic mass is 10.2. The molecule has 1 N–H and O–H groups in total. The standard InChI is InChI=1S/C19H24N4O2S/c1-13-21-14-6-3-4-7-15(14)22(13)11-5-10-20-18(25)16-12-26-19(2)9-8-17(24)23(16)19/h3-4,6-7,16H,5,8-12H2,1-2H3,(H,20,25)/t16-,19-/m1/s1. The molecule has 0 radical (unpaired) electrons. The van der Waals surface area contributed by atoms with Gasteiger partial charge in [0, 0.05) is 25.3 Å². The van der Waals surface area contributed by atoms with Crippen LogP contribution in [0.15, 0.2) is 24.3 Å². The summed E-state index contributed by atoms with van der Waals surface area (Å²) in [6, 6.07) is 7.78. The van der Waals surface area contributed by atoms with E-state index in [-0.39, 0.29) is 22.7 Å². The Morgan fingerprint density at radius 2 is 2.23 bits per heavy atom. The Labute approximate surface area is 157 Å². The molecule has 0 saturated carbocycles. The van der Waals surface area contributed by atoms with E-state index in [1.165, 1.54) is 0 Å². The number of hydrogen-bond acceptors (Lipinski definition) is 4. The van der Waals surface area contributed by atoms with Crippen LogP contribution in [0.5, 0.6) is 0 Å². The molecule has 6 nitrogen and oxygen atoms in total. The molecule has 2 aliphatic rings. The molecule has 2 atom stereocenters. The number of amides is 2. The molecule has 0 spiro atoms. The van der Waals surface area contributed by atoms with Gasteiger partial charge in [-0.25, -0.2) is 4.98 Å². The fourth-order valence-corrected chi connectivity index (χ4v) is 5.49. The van der Waals surface area contributed by atoms with Gasteiger partial charge in [-0.15, -0.1) is 11.8 Å². The van der Waals surface area contributed by atoms with Crippen LogP contribution in [-0.4, -0.2) is 49.5 Å². The third kappa shape index (κ3) is 2.88. The monoisotopic (exact) mass is 372 g/mol. The number of carbonyl (C=O) groups excluding carboxylic acids is 2. The van der Waals surface area contributed by atoms with E-state index >= 15 is 0 Å². The van der Waals surface area contributed by atoms with Crippen molar-refractivity contribution in [2.24, 2.45) is 0 Å². The fourth-order valence-electron chi connectivity index (χ4n) is 4.06. The van der Waals surface area contributed by atoms with Gasteiger partial charge in [-0.3, -0.25) is 9.59 Å². The van der Waals surface area contributed by atoms with Crippen LogP contribution in [0.3, 0.4) is 0 Å². The second-order valence-electron chi connectivity index (χ2n) is 7.21. The molecule has 0 unspecified atom stereocenters.